The number of carbonyl (C=O) groups excluding carboxylic acids is 4. The number of esters is 2. The fraction of sp³-hybridized carbons (Fsp3) is 0.586. The topological polar surface area (TPSA) is 131 Å². The van der Waals surface area contributed by atoms with Gasteiger partial charge in [0, 0.05) is 18.9 Å². The third-order valence-electron chi connectivity index (χ3n) is 6.65. The van der Waals surface area contributed by atoms with Crippen molar-refractivity contribution in [2.75, 3.05) is 6.54 Å². The van der Waals surface area contributed by atoms with Crippen LogP contribution in [0, 0.1) is 17.3 Å². The van der Waals surface area contributed by atoms with Gasteiger partial charge in [0.05, 0.1) is 16.9 Å². The van der Waals surface area contributed by atoms with Crippen LogP contribution in [-0.4, -0.2) is 59.8 Å². The second-order valence-electron chi connectivity index (χ2n) is 11.1. The lowest BCUT2D eigenvalue weighted by molar-refractivity contribution is -0.180. The highest BCUT2D eigenvalue weighted by atomic mass is 35.5. The van der Waals surface area contributed by atoms with Gasteiger partial charge in [-0.3, -0.25) is 14.4 Å². The van der Waals surface area contributed by atoms with E-state index in [9.17, 15) is 24.3 Å². The molecule has 0 fully saturated rings. The van der Waals surface area contributed by atoms with Crippen molar-refractivity contribution in [2.24, 2.45) is 17.3 Å². The van der Waals surface area contributed by atoms with Crippen molar-refractivity contribution in [1.82, 2.24) is 10.6 Å². The molecule has 0 spiro atoms. The van der Waals surface area contributed by atoms with E-state index in [0.717, 1.165) is 0 Å². The maximum absolute atomic E-state index is 13.3. The minimum atomic E-state index is -1.20. The van der Waals surface area contributed by atoms with E-state index < -0.39 is 64.8 Å². The molecule has 9 nitrogen and oxygen atoms in total. The molecule has 216 valence electrons. The van der Waals surface area contributed by atoms with E-state index >= 15 is 0 Å². The standard InChI is InChI=1S/C29H41ClN2O7/c1-17(2)15-22-27(36)38-21(18(3)25(34)24(30)20-11-8-7-9-12-20)13-10-14-23(33)32-19(4)26(35)31-16-29(5,6)28(37)39-22/h7-12,14,17-19,21-22,24-25,34H,13,15-16H2,1-6H3,(H,31,35)(H,32,33)/b14-10+/t18-,19?,21-,22-,24-,25+/m0/s1. The van der Waals surface area contributed by atoms with Crippen molar-refractivity contribution < 1.29 is 33.8 Å². The van der Waals surface area contributed by atoms with Gasteiger partial charge in [-0.1, -0.05) is 57.2 Å². The number of nitrogens with one attached hydrogen (secondary N) is 2. The van der Waals surface area contributed by atoms with E-state index in [1.165, 1.54) is 19.1 Å². The van der Waals surface area contributed by atoms with Gasteiger partial charge in [-0.2, -0.15) is 0 Å². The predicted octanol–water partition coefficient (Wildman–Crippen LogP) is 3.44. The van der Waals surface area contributed by atoms with Gasteiger partial charge in [0.15, 0.2) is 6.10 Å². The summed E-state index contributed by atoms with van der Waals surface area (Å²) in [4.78, 5) is 51.3. The molecule has 10 heteroatoms. The Kier molecular flexibility index (Phi) is 12.0. The van der Waals surface area contributed by atoms with Gasteiger partial charge in [0.2, 0.25) is 11.8 Å². The minimum absolute atomic E-state index is 0.0000288. The van der Waals surface area contributed by atoms with Gasteiger partial charge < -0.3 is 25.2 Å². The molecular formula is C29H41ClN2O7. The molecule has 0 saturated carbocycles. The maximum atomic E-state index is 13.3. The molecule has 2 amide bonds. The van der Waals surface area contributed by atoms with Crippen LogP contribution in [0.25, 0.3) is 0 Å². The first-order chi connectivity index (χ1) is 18.2. The molecule has 0 bridgehead atoms. The van der Waals surface area contributed by atoms with Gasteiger partial charge in [0.1, 0.15) is 12.1 Å². The molecule has 1 unspecified atom stereocenters. The second kappa shape index (κ2) is 14.5. The summed E-state index contributed by atoms with van der Waals surface area (Å²) in [5, 5.41) is 15.5. The van der Waals surface area contributed by atoms with Crippen LogP contribution in [0.2, 0.25) is 0 Å². The first-order valence-corrected chi connectivity index (χ1v) is 13.7. The number of aliphatic hydroxyl groups is 1. The van der Waals surface area contributed by atoms with Crippen molar-refractivity contribution in [3.8, 4) is 0 Å². The number of amides is 2. The summed E-state index contributed by atoms with van der Waals surface area (Å²) in [7, 11) is 0. The van der Waals surface area contributed by atoms with Crippen LogP contribution in [0.3, 0.4) is 0 Å². The van der Waals surface area contributed by atoms with E-state index in [2.05, 4.69) is 10.6 Å². The highest BCUT2D eigenvalue weighted by molar-refractivity contribution is 6.21. The van der Waals surface area contributed by atoms with Crippen molar-refractivity contribution in [3.63, 3.8) is 0 Å². The summed E-state index contributed by atoms with van der Waals surface area (Å²) in [5.41, 5.74) is -0.454. The lowest BCUT2D eigenvalue weighted by Crippen LogP contribution is -2.49. The smallest absolute Gasteiger partial charge is 0.347 e. The molecule has 1 aromatic rings. The maximum Gasteiger partial charge on any atom is 0.347 e. The Bertz CT molecular complexity index is 1030. The van der Waals surface area contributed by atoms with Gasteiger partial charge in [-0.05, 0) is 44.7 Å². The lowest BCUT2D eigenvalue weighted by Gasteiger charge is -2.32. The number of ether oxygens (including phenoxy) is 2. The van der Waals surface area contributed by atoms with Crippen molar-refractivity contribution in [1.29, 1.82) is 0 Å². The molecule has 1 aliphatic heterocycles. The number of hydrogen-bond acceptors (Lipinski definition) is 7. The van der Waals surface area contributed by atoms with Crippen LogP contribution >= 0.6 is 11.6 Å². The van der Waals surface area contributed by atoms with Gasteiger partial charge in [-0.25, -0.2) is 4.79 Å². The largest absolute Gasteiger partial charge is 0.459 e. The molecule has 0 aromatic heterocycles. The van der Waals surface area contributed by atoms with E-state index in [4.69, 9.17) is 21.1 Å². The quantitative estimate of drug-likeness (QED) is 0.356. The Morgan fingerprint density at radius 3 is 2.33 bits per heavy atom. The monoisotopic (exact) mass is 564 g/mol. The summed E-state index contributed by atoms with van der Waals surface area (Å²) in [5.74, 6) is -3.07. The Hall–Kier alpha value is -2.91. The van der Waals surface area contributed by atoms with Crippen LogP contribution < -0.4 is 10.6 Å². The molecule has 39 heavy (non-hydrogen) atoms. The Balaban J connectivity index is 2.40. The zero-order chi connectivity index (χ0) is 29.3. The highest BCUT2D eigenvalue weighted by Crippen LogP contribution is 2.32. The zero-order valence-corrected chi connectivity index (χ0v) is 24.2. The molecule has 0 saturated heterocycles. The number of hydrogen-bond donors (Lipinski definition) is 3. The average molecular weight is 565 g/mol. The number of cyclic esters (lactones) is 2. The summed E-state index contributed by atoms with van der Waals surface area (Å²) < 4.78 is 11.5. The number of rotatable bonds is 6. The van der Waals surface area contributed by atoms with Gasteiger partial charge in [-0.15, -0.1) is 11.6 Å². The Morgan fingerprint density at radius 2 is 1.72 bits per heavy atom. The van der Waals surface area contributed by atoms with Crippen molar-refractivity contribution in [3.05, 3.63) is 48.0 Å². The summed E-state index contributed by atoms with van der Waals surface area (Å²) in [6.07, 6.45) is -0.145. The molecule has 1 aliphatic rings. The molecule has 2 rings (SSSR count). The van der Waals surface area contributed by atoms with Gasteiger partial charge >= 0.3 is 11.9 Å². The first-order valence-electron chi connectivity index (χ1n) is 13.3. The van der Waals surface area contributed by atoms with E-state index in [1.54, 1.807) is 32.9 Å². The normalized spacial score (nSPS) is 26.4. The SMILES string of the molecule is CC(C)C[C@@H]1OC(=O)C(C)(C)CNC(=O)C(C)NC(=O)/C=C/C[C@@H]([C@H](C)[C@@H](O)[C@@H](Cl)c2ccccc2)OC1=O. The average Bonchev–Trinajstić information content (AvgIpc) is 2.88. The number of carbonyl (C=O) groups is 4. The second-order valence-corrected chi connectivity index (χ2v) is 11.6. The summed E-state index contributed by atoms with van der Waals surface area (Å²) in [6, 6.07) is 8.19. The third kappa shape index (κ3) is 9.65. The highest BCUT2D eigenvalue weighted by Gasteiger charge is 2.38. The molecule has 3 N–H and O–H groups in total. The van der Waals surface area contributed by atoms with Crippen LogP contribution in [0.1, 0.15) is 65.3 Å². The van der Waals surface area contributed by atoms with E-state index in [-0.39, 0.29) is 25.3 Å². The predicted molar refractivity (Wildman–Crippen MR) is 148 cm³/mol. The van der Waals surface area contributed by atoms with E-state index in [0.29, 0.717) is 5.56 Å². The Labute approximate surface area is 235 Å². The molecule has 0 aliphatic carbocycles. The van der Waals surface area contributed by atoms with E-state index in [1.807, 2.05) is 32.0 Å². The molecule has 0 radical (unpaired) electrons. The zero-order valence-electron chi connectivity index (χ0n) is 23.5. The minimum Gasteiger partial charge on any atom is -0.459 e. The fourth-order valence-corrected chi connectivity index (χ4v) is 4.37. The Morgan fingerprint density at radius 1 is 1.08 bits per heavy atom. The van der Waals surface area contributed by atoms with Gasteiger partial charge in [0.25, 0.3) is 0 Å². The lowest BCUT2D eigenvalue weighted by atomic mass is 9.90. The van der Waals surface area contributed by atoms with Crippen LogP contribution in [0.4, 0.5) is 0 Å². The number of halogens is 1. The first kappa shape index (κ1) is 32.3. The fourth-order valence-electron chi connectivity index (χ4n) is 3.99. The van der Waals surface area contributed by atoms with Crippen LogP contribution in [0.15, 0.2) is 42.5 Å². The number of benzene rings is 1. The summed E-state index contributed by atoms with van der Waals surface area (Å²) in [6.45, 7) is 10.1. The molecule has 6 atom stereocenters. The molecule has 1 heterocycles. The third-order valence-corrected chi connectivity index (χ3v) is 7.17. The van der Waals surface area contributed by atoms with Crippen LogP contribution in [-0.2, 0) is 28.7 Å². The van der Waals surface area contributed by atoms with Crippen molar-refractivity contribution >= 4 is 35.4 Å². The van der Waals surface area contributed by atoms with Crippen molar-refractivity contribution in [2.45, 2.75) is 84.1 Å². The van der Waals surface area contributed by atoms with Crippen LogP contribution in [0.5, 0.6) is 0 Å². The summed E-state index contributed by atoms with van der Waals surface area (Å²) >= 11 is 6.58. The number of aliphatic hydroxyl groups excluding tert-OH is 1. The number of alkyl halides is 1. The molecular weight excluding hydrogens is 524 g/mol. The molecule has 1 aromatic carbocycles.